The number of carbonyl (C=O) groups is 1. The number of nitrogens with zero attached hydrogens (tertiary/aromatic N) is 4. The molecule has 3 aromatic rings. The zero-order chi connectivity index (χ0) is 24.4. The standard InChI is InChI=1S/C26H32N6O3/c1-17-16-27-32(22-9-5-7-19-6-3-4-8-21(19)22)24(17)29-23(33)11-10-20-18(2)28-26(30-25(20)34)31-12-14-35-15-13-31/h3-4,6,8,16,22H,5,7,9-15H2,1-2H3,(H,29,33)(H,28,30,34). The number of amides is 1. The maximum atomic E-state index is 12.9. The van der Waals surface area contributed by atoms with E-state index in [0.717, 1.165) is 30.6 Å². The van der Waals surface area contributed by atoms with Gasteiger partial charge in [0.15, 0.2) is 0 Å². The van der Waals surface area contributed by atoms with Crippen LogP contribution in [0.3, 0.4) is 0 Å². The van der Waals surface area contributed by atoms with Crippen molar-refractivity contribution in [3.63, 3.8) is 0 Å². The van der Waals surface area contributed by atoms with Gasteiger partial charge in [-0.3, -0.25) is 14.6 Å². The molecule has 2 N–H and O–H groups in total. The van der Waals surface area contributed by atoms with E-state index in [1.807, 2.05) is 23.4 Å². The molecule has 35 heavy (non-hydrogen) atoms. The highest BCUT2D eigenvalue weighted by atomic mass is 16.5. The van der Waals surface area contributed by atoms with Gasteiger partial charge in [0.1, 0.15) is 5.82 Å². The minimum Gasteiger partial charge on any atom is -0.378 e. The summed E-state index contributed by atoms with van der Waals surface area (Å²) in [5.74, 6) is 1.15. The number of morpholine rings is 1. The molecule has 0 saturated carbocycles. The van der Waals surface area contributed by atoms with Crippen molar-refractivity contribution in [3.8, 4) is 0 Å². The molecule has 9 nitrogen and oxygen atoms in total. The molecule has 1 unspecified atom stereocenters. The summed E-state index contributed by atoms with van der Waals surface area (Å²) >= 11 is 0. The van der Waals surface area contributed by atoms with Crippen molar-refractivity contribution in [3.05, 3.63) is 68.8 Å². The molecule has 0 spiro atoms. The number of anilines is 2. The van der Waals surface area contributed by atoms with Crippen molar-refractivity contribution in [2.24, 2.45) is 0 Å². The van der Waals surface area contributed by atoms with E-state index < -0.39 is 0 Å². The molecule has 0 radical (unpaired) electrons. The second-order valence-corrected chi connectivity index (χ2v) is 9.33. The van der Waals surface area contributed by atoms with E-state index in [2.05, 4.69) is 44.6 Å². The molecule has 2 aromatic heterocycles. The Kier molecular flexibility index (Phi) is 6.68. The molecule has 1 aromatic carbocycles. The summed E-state index contributed by atoms with van der Waals surface area (Å²) in [5, 5.41) is 7.68. The number of ether oxygens (including phenoxy) is 1. The fourth-order valence-electron chi connectivity index (χ4n) is 5.07. The Hall–Kier alpha value is -3.46. The molecule has 1 amide bonds. The predicted molar refractivity (Wildman–Crippen MR) is 134 cm³/mol. The van der Waals surface area contributed by atoms with Crippen LogP contribution in [0.2, 0.25) is 0 Å². The van der Waals surface area contributed by atoms with Gasteiger partial charge in [0.2, 0.25) is 11.9 Å². The van der Waals surface area contributed by atoms with Gasteiger partial charge in [-0.2, -0.15) is 5.10 Å². The van der Waals surface area contributed by atoms with Crippen LogP contribution in [0.4, 0.5) is 11.8 Å². The largest absolute Gasteiger partial charge is 0.378 e. The van der Waals surface area contributed by atoms with E-state index in [1.54, 1.807) is 6.20 Å². The lowest BCUT2D eigenvalue weighted by Gasteiger charge is -2.27. The molecule has 1 fully saturated rings. The monoisotopic (exact) mass is 476 g/mol. The first-order chi connectivity index (χ1) is 17.0. The summed E-state index contributed by atoms with van der Waals surface area (Å²) < 4.78 is 7.32. The highest BCUT2D eigenvalue weighted by molar-refractivity contribution is 5.90. The Balaban J connectivity index is 1.28. The van der Waals surface area contributed by atoms with Crippen LogP contribution in [0.25, 0.3) is 0 Å². The Morgan fingerprint density at radius 2 is 2.03 bits per heavy atom. The fourth-order valence-corrected chi connectivity index (χ4v) is 5.07. The molecule has 0 bridgehead atoms. The highest BCUT2D eigenvalue weighted by Gasteiger charge is 2.25. The molecule has 2 aliphatic rings. The van der Waals surface area contributed by atoms with Crippen LogP contribution in [0, 0.1) is 13.8 Å². The fraction of sp³-hybridized carbons (Fsp3) is 0.462. The molecule has 1 atom stereocenters. The van der Waals surface area contributed by atoms with Crippen molar-refractivity contribution in [1.29, 1.82) is 0 Å². The molecule has 5 rings (SSSR count). The van der Waals surface area contributed by atoms with Gasteiger partial charge < -0.3 is 15.0 Å². The third-order valence-electron chi connectivity index (χ3n) is 6.99. The van der Waals surface area contributed by atoms with Crippen LogP contribution >= 0.6 is 0 Å². The predicted octanol–water partition coefficient (Wildman–Crippen LogP) is 2.92. The maximum absolute atomic E-state index is 12.9. The van der Waals surface area contributed by atoms with E-state index in [0.29, 0.717) is 49.9 Å². The summed E-state index contributed by atoms with van der Waals surface area (Å²) in [6.07, 6.45) is 5.45. The third kappa shape index (κ3) is 4.86. The summed E-state index contributed by atoms with van der Waals surface area (Å²) in [5.41, 5.74) is 4.55. The van der Waals surface area contributed by atoms with Crippen LogP contribution in [0.1, 0.15) is 53.3 Å². The van der Waals surface area contributed by atoms with Crippen molar-refractivity contribution in [2.75, 3.05) is 36.5 Å². The zero-order valence-electron chi connectivity index (χ0n) is 20.3. The minimum absolute atomic E-state index is 0.103. The lowest BCUT2D eigenvalue weighted by molar-refractivity contribution is -0.116. The van der Waals surface area contributed by atoms with Gasteiger partial charge in [-0.25, -0.2) is 9.67 Å². The second-order valence-electron chi connectivity index (χ2n) is 9.33. The van der Waals surface area contributed by atoms with Crippen molar-refractivity contribution < 1.29 is 9.53 Å². The van der Waals surface area contributed by atoms with Crippen LogP contribution in [0.15, 0.2) is 35.3 Å². The Morgan fingerprint density at radius 3 is 2.83 bits per heavy atom. The number of H-pyrrole nitrogens is 1. The number of carbonyl (C=O) groups excluding carboxylic acids is 1. The number of rotatable bonds is 6. The summed E-state index contributed by atoms with van der Waals surface area (Å²) in [7, 11) is 0. The number of aromatic amines is 1. The molecule has 1 saturated heterocycles. The number of hydrogen-bond donors (Lipinski definition) is 2. The van der Waals surface area contributed by atoms with Gasteiger partial charge >= 0.3 is 0 Å². The normalized spacial score (nSPS) is 17.8. The van der Waals surface area contributed by atoms with Gasteiger partial charge in [0.05, 0.1) is 25.5 Å². The number of aryl methyl sites for hydroxylation is 3. The van der Waals surface area contributed by atoms with Crippen LogP contribution < -0.4 is 15.8 Å². The molecule has 3 heterocycles. The number of hydrogen-bond acceptors (Lipinski definition) is 6. The van der Waals surface area contributed by atoms with Crippen molar-refractivity contribution >= 4 is 17.7 Å². The Bertz CT molecular complexity index is 1270. The van der Waals surface area contributed by atoms with Gasteiger partial charge in [0.25, 0.3) is 5.56 Å². The summed E-state index contributed by atoms with van der Waals surface area (Å²) in [6.45, 7) is 6.41. The maximum Gasteiger partial charge on any atom is 0.255 e. The van der Waals surface area contributed by atoms with E-state index in [-0.39, 0.29) is 23.9 Å². The van der Waals surface area contributed by atoms with E-state index >= 15 is 0 Å². The number of aromatic nitrogens is 4. The number of nitrogens with one attached hydrogen (secondary N) is 2. The van der Waals surface area contributed by atoms with Crippen LogP contribution in [-0.2, 0) is 22.4 Å². The molecular formula is C26H32N6O3. The molecule has 1 aliphatic heterocycles. The third-order valence-corrected chi connectivity index (χ3v) is 6.99. The van der Waals surface area contributed by atoms with Gasteiger partial charge in [0, 0.05) is 36.3 Å². The smallest absolute Gasteiger partial charge is 0.255 e. The number of benzene rings is 1. The number of fused-ring (bicyclic) bond motifs is 1. The first-order valence-electron chi connectivity index (χ1n) is 12.4. The summed E-state index contributed by atoms with van der Waals surface area (Å²) in [6, 6.07) is 8.57. The quantitative estimate of drug-likeness (QED) is 0.567. The first kappa shape index (κ1) is 23.3. The Labute approximate surface area is 204 Å². The lowest BCUT2D eigenvalue weighted by atomic mass is 9.88. The topological polar surface area (TPSA) is 105 Å². The van der Waals surface area contributed by atoms with Crippen LogP contribution in [0.5, 0.6) is 0 Å². The van der Waals surface area contributed by atoms with Crippen LogP contribution in [-0.4, -0.2) is 52.0 Å². The zero-order valence-corrected chi connectivity index (χ0v) is 20.3. The lowest BCUT2D eigenvalue weighted by Crippen LogP contribution is -2.38. The van der Waals surface area contributed by atoms with Crippen molar-refractivity contribution in [2.45, 2.75) is 52.0 Å². The van der Waals surface area contributed by atoms with E-state index in [4.69, 9.17) is 4.74 Å². The molecule has 1 aliphatic carbocycles. The molecule has 9 heteroatoms. The summed E-state index contributed by atoms with van der Waals surface area (Å²) in [4.78, 5) is 35.2. The average Bonchev–Trinajstić information content (AvgIpc) is 3.23. The SMILES string of the molecule is Cc1cnn(C2CCCc3ccccc32)c1NC(=O)CCc1c(C)nc(N2CCOCC2)[nH]c1=O. The molecular weight excluding hydrogens is 444 g/mol. The van der Waals surface area contributed by atoms with Gasteiger partial charge in [-0.05, 0) is 50.7 Å². The van der Waals surface area contributed by atoms with Gasteiger partial charge in [-0.15, -0.1) is 0 Å². The van der Waals surface area contributed by atoms with Crippen molar-refractivity contribution in [1.82, 2.24) is 19.7 Å². The second kappa shape index (κ2) is 10.0. The minimum atomic E-state index is -0.188. The first-order valence-corrected chi connectivity index (χ1v) is 12.4. The van der Waals surface area contributed by atoms with E-state index in [9.17, 15) is 9.59 Å². The Morgan fingerprint density at radius 1 is 1.23 bits per heavy atom. The van der Waals surface area contributed by atoms with E-state index in [1.165, 1.54) is 11.1 Å². The highest BCUT2D eigenvalue weighted by Crippen LogP contribution is 2.35. The average molecular weight is 477 g/mol. The van der Waals surface area contributed by atoms with Gasteiger partial charge in [-0.1, -0.05) is 24.3 Å². The molecule has 184 valence electrons.